The number of para-hydroxylation sites is 2. The van der Waals surface area contributed by atoms with Crippen LogP contribution < -0.4 is 0 Å². The third kappa shape index (κ3) is 4.05. The van der Waals surface area contributed by atoms with Gasteiger partial charge in [-0.15, -0.1) is 0 Å². The standard InChI is InChI=1S/C51H34O/c1-51(2)45-29-27-34(30-44(45)42-28-26-31-12-3-4-13-35(31)49(42)51)48-40-17-7-5-15-38(40)47(39-16-6-8-18-41(39)48)33-24-22-32(23-25-33)36-19-11-20-43-37-14-9-10-21-46(37)52-50(36)43/h3-30H,1-2H3. The van der Waals surface area contributed by atoms with Gasteiger partial charge in [0.1, 0.15) is 11.2 Å². The van der Waals surface area contributed by atoms with Gasteiger partial charge in [0.25, 0.3) is 0 Å². The van der Waals surface area contributed by atoms with Crippen LogP contribution in [-0.4, -0.2) is 0 Å². The Balaban J connectivity index is 1.10. The van der Waals surface area contributed by atoms with Gasteiger partial charge in [-0.25, -0.2) is 0 Å². The van der Waals surface area contributed by atoms with Crippen molar-refractivity contribution in [3.05, 3.63) is 181 Å². The van der Waals surface area contributed by atoms with Crippen molar-refractivity contribution < 1.29 is 4.42 Å². The van der Waals surface area contributed by atoms with E-state index in [-0.39, 0.29) is 5.41 Å². The molecule has 0 amide bonds. The molecule has 0 N–H and O–H groups in total. The third-order valence-electron chi connectivity index (χ3n) is 11.6. The quantitative estimate of drug-likeness (QED) is 0.172. The van der Waals surface area contributed by atoms with E-state index in [9.17, 15) is 0 Å². The van der Waals surface area contributed by atoms with E-state index in [4.69, 9.17) is 4.42 Å². The molecule has 0 atom stereocenters. The van der Waals surface area contributed by atoms with Crippen molar-refractivity contribution in [2.45, 2.75) is 19.3 Å². The van der Waals surface area contributed by atoms with Crippen molar-refractivity contribution in [1.82, 2.24) is 0 Å². The van der Waals surface area contributed by atoms with Crippen molar-refractivity contribution >= 4 is 54.3 Å². The first kappa shape index (κ1) is 29.3. The zero-order valence-electron chi connectivity index (χ0n) is 29.1. The van der Waals surface area contributed by atoms with E-state index in [1.54, 1.807) is 0 Å². The Morgan fingerprint density at radius 2 is 0.942 bits per heavy atom. The molecule has 10 aromatic rings. The van der Waals surface area contributed by atoms with Crippen LogP contribution in [0.4, 0.5) is 0 Å². The van der Waals surface area contributed by atoms with Crippen LogP contribution in [0.5, 0.6) is 0 Å². The van der Waals surface area contributed by atoms with Crippen LogP contribution in [0, 0.1) is 0 Å². The fraction of sp³-hybridized carbons (Fsp3) is 0.0588. The van der Waals surface area contributed by atoms with E-state index in [2.05, 4.69) is 172 Å². The first-order chi connectivity index (χ1) is 25.6. The lowest BCUT2D eigenvalue weighted by Gasteiger charge is -2.23. The van der Waals surface area contributed by atoms with Crippen LogP contribution in [0.15, 0.2) is 174 Å². The Morgan fingerprint density at radius 1 is 0.385 bits per heavy atom. The molecule has 1 heterocycles. The molecule has 0 aliphatic heterocycles. The van der Waals surface area contributed by atoms with Gasteiger partial charge in [-0.3, -0.25) is 0 Å². The maximum Gasteiger partial charge on any atom is 0.143 e. The van der Waals surface area contributed by atoms with E-state index in [1.807, 2.05) is 12.1 Å². The molecule has 11 rings (SSSR count). The van der Waals surface area contributed by atoms with Crippen LogP contribution in [0.2, 0.25) is 0 Å². The summed E-state index contributed by atoms with van der Waals surface area (Å²) in [5, 5.41) is 10.0. The number of hydrogen-bond donors (Lipinski definition) is 0. The average Bonchev–Trinajstić information content (AvgIpc) is 3.69. The predicted octanol–water partition coefficient (Wildman–Crippen LogP) is 14.4. The molecule has 1 aromatic heterocycles. The van der Waals surface area contributed by atoms with Crippen LogP contribution in [0.25, 0.3) is 98.8 Å². The lowest BCUT2D eigenvalue weighted by molar-refractivity contribution is 0.666. The largest absolute Gasteiger partial charge is 0.455 e. The van der Waals surface area contributed by atoms with E-state index in [0.717, 1.165) is 33.1 Å². The van der Waals surface area contributed by atoms with Crippen molar-refractivity contribution in [3.63, 3.8) is 0 Å². The lowest BCUT2D eigenvalue weighted by Crippen LogP contribution is -2.15. The van der Waals surface area contributed by atoms with Gasteiger partial charge in [0.15, 0.2) is 0 Å². The highest BCUT2D eigenvalue weighted by molar-refractivity contribution is 6.21. The molecule has 0 saturated carbocycles. The van der Waals surface area contributed by atoms with Gasteiger partial charge in [-0.05, 0) is 94.5 Å². The Hall–Kier alpha value is -6.44. The molecule has 0 fully saturated rings. The zero-order valence-corrected chi connectivity index (χ0v) is 29.1. The minimum atomic E-state index is -0.0832. The van der Waals surface area contributed by atoms with Gasteiger partial charge < -0.3 is 4.42 Å². The van der Waals surface area contributed by atoms with E-state index < -0.39 is 0 Å². The van der Waals surface area contributed by atoms with Crippen LogP contribution in [0.1, 0.15) is 25.0 Å². The van der Waals surface area contributed by atoms with Gasteiger partial charge in [-0.1, -0.05) is 172 Å². The summed E-state index contributed by atoms with van der Waals surface area (Å²) in [6.45, 7) is 4.76. The van der Waals surface area contributed by atoms with Crippen LogP contribution in [0.3, 0.4) is 0 Å². The zero-order chi connectivity index (χ0) is 34.6. The highest BCUT2D eigenvalue weighted by Gasteiger charge is 2.37. The minimum absolute atomic E-state index is 0.0832. The summed E-state index contributed by atoms with van der Waals surface area (Å²) in [7, 11) is 0. The molecular weight excluding hydrogens is 629 g/mol. The summed E-state index contributed by atoms with van der Waals surface area (Å²) < 4.78 is 6.40. The van der Waals surface area contributed by atoms with E-state index >= 15 is 0 Å². The molecule has 9 aromatic carbocycles. The molecule has 0 saturated heterocycles. The summed E-state index contributed by atoms with van der Waals surface area (Å²) >= 11 is 0. The Morgan fingerprint density at radius 3 is 1.65 bits per heavy atom. The molecule has 0 bridgehead atoms. The van der Waals surface area contributed by atoms with Crippen LogP contribution in [-0.2, 0) is 5.41 Å². The number of hydrogen-bond acceptors (Lipinski definition) is 1. The smallest absolute Gasteiger partial charge is 0.143 e. The Bertz CT molecular complexity index is 3030. The molecule has 1 aliphatic rings. The van der Waals surface area contributed by atoms with Gasteiger partial charge >= 0.3 is 0 Å². The van der Waals surface area contributed by atoms with E-state index in [0.29, 0.717) is 0 Å². The van der Waals surface area contributed by atoms with Gasteiger partial charge in [0.05, 0.1) is 0 Å². The van der Waals surface area contributed by atoms with Crippen molar-refractivity contribution in [2.75, 3.05) is 0 Å². The fourth-order valence-electron chi connectivity index (χ4n) is 9.31. The first-order valence-corrected chi connectivity index (χ1v) is 18.2. The van der Waals surface area contributed by atoms with Gasteiger partial charge in [-0.2, -0.15) is 0 Å². The summed E-state index contributed by atoms with van der Waals surface area (Å²) in [4.78, 5) is 0. The van der Waals surface area contributed by atoms with E-state index in [1.165, 1.54) is 76.8 Å². The Labute approximate surface area is 302 Å². The molecule has 244 valence electrons. The van der Waals surface area contributed by atoms with Crippen LogP contribution >= 0.6 is 0 Å². The summed E-state index contributed by atoms with van der Waals surface area (Å²) in [5.41, 5.74) is 14.6. The van der Waals surface area contributed by atoms with Crippen molar-refractivity contribution in [1.29, 1.82) is 0 Å². The summed E-state index contributed by atoms with van der Waals surface area (Å²) in [6.07, 6.45) is 0. The monoisotopic (exact) mass is 662 g/mol. The Kier molecular flexibility index (Phi) is 6.08. The van der Waals surface area contributed by atoms with Crippen molar-refractivity contribution in [3.8, 4) is 44.5 Å². The molecule has 0 spiro atoms. The number of benzene rings is 9. The molecular formula is C51H34O. The van der Waals surface area contributed by atoms with Gasteiger partial charge in [0, 0.05) is 21.8 Å². The number of fused-ring (bicyclic) bond motifs is 10. The molecule has 1 aliphatic carbocycles. The summed E-state index contributed by atoms with van der Waals surface area (Å²) in [6, 6.07) is 62.3. The fourth-order valence-corrected chi connectivity index (χ4v) is 9.31. The second-order valence-corrected chi connectivity index (χ2v) is 14.8. The minimum Gasteiger partial charge on any atom is -0.455 e. The molecule has 0 unspecified atom stereocenters. The lowest BCUT2D eigenvalue weighted by atomic mass is 9.80. The maximum atomic E-state index is 6.40. The molecule has 52 heavy (non-hydrogen) atoms. The second-order valence-electron chi connectivity index (χ2n) is 14.8. The van der Waals surface area contributed by atoms with Crippen molar-refractivity contribution in [2.24, 2.45) is 0 Å². The molecule has 1 nitrogen and oxygen atoms in total. The van der Waals surface area contributed by atoms with Gasteiger partial charge in [0.2, 0.25) is 0 Å². The average molecular weight is 663 g/mol. The molecule has 0 radical (unpaired) electrons. The highest BCUT2D eigenvalue weighted by Crippen LogP contribution is 2.53. The predicted molar refractivity (Wildman–Crippen MR) is 220 cm³/mol. The number of furan rings is 1. The SMILES string of the molecule is CC1(C)c2ccc(-c3c4ccccc4c(-c4ccc(-c5cccc6c5oc5ccccc56)cc4)c4ccccc34)cc2-c2ccc3ccccc3c21. The third-order valence-corrected chi connectivity index (χ3v) is 11.6. The maximum absolute atomic E-state index is 6.40. The molecule has 1 heteroatoms. The topological polar surface area (TPSA) is 13.1 Å². The highest BCUT2D eigenvalue weighted by atomic mass is 16.3. The number of rotatable bonds is 3. The normalized spacial score (nSPS) is 13.3. The first-order valence-electron chi connectivity index (χ1n) is 18.2. The summed E-state index contributed by atoms with van der Waals surface area (Å²) in [5.74, 6) is 0. The second kappa shape index (κ2) is 10.8.